The first-order chi connectivity index (χ1) is 22.9. The first-order valence-corrected chi connectivity index (χ1v) is 20.0. The number of nitrogens with zero attached hydrogens (tertiary/aromatic N) is 1. The zero-order valence-corrected chi connectivity index (χ0v) is 30.8. The molecule has 2 heterocycles. The highest BCUT2D eigenvalue weighted by Gasteiger charge is 2.70. The first kappa shape index (κ1) is 37.3. The van der Waals surface area contributed by atoms with Gasteiger partial charge in [0.15, 0.2) is 9.84 Å². The lowest BCUT2D eigenvalue weighted by atomic mass is 9.78. The van der Waals surface area contributed by atoms with Gasteiger partial charge in [0, 0.05) is 13.1 Å². The number of carbonyl (C=O) groups is 5. The Morgan fingerprint density at radius 3 is 2.22 bits per heavy atom. The minimum absolute atomic E-state index is 0.0660. The Balaban J connectivity index is 1.34. The number of likely N-dealkylation sites (tertiary alicyclic amines) is 1. The van der Waals surface area contributed by atoms with Crippen LogP contribution in [0.5, 0.6) is 0 Å². The summed E-state index contributed by atoms with van der Waals surface area (Å²) in [4.78, 5) is 69.8. The molecule has 6 atom stereocenters. The number of Topliss-reactive ketones (excluding diaryl/α,β-unsaturated/α-hetero) is 1. The summed E-state index contributed by atoms with van der Waals surface area (Å²) in [6.45, 7) is 13.7. The van der Waals surface area contributed by atoms with Gasteiger partial charge < -0.3 is 26.2 Å². The van der Waals surface area contributed by atoms with E-state index in [-0.39, 0.29) is 29.5 Å². The molecule has 0 unspecified atom stereocenters. The molecule has 2 saturated heterocycles. The number of fused-ring (bicyclic) bond motifs is 1. The molecular formula is C36H57N5O7S. The maximum Gasteiger partial charge on any atom is 0.315 e. The average molecular weight is 704 g/mol. The average Bonchev–Trinajstić information content (AvgIpc) is 3.83. The van der Waals surface area contributed by atoms with Crippen molar-refractivity contribution in [2.75, 3.05) is 18.8 Å². The van der Waals surface area contributed by atoms with E-state index in [0.29, 0.717) is 51.0 Å². The van der Waals surface area contributed by atoms with Crippen molar-refractivity contribution in [3.63, 3.8) is 0 Å². The summed E-state index contributed by atoms with van der Waals surface area (Å²) in [5.74, 6) is -1.85. The SMILES string of the molecule is C=CCNC(=O)C(=O)[C@H](CCC1CC1)NC(=O)[C@@H]1[C@@H]2[C@H](CN1C(=O)[C@@H](NC(=O)NC1([C@H]3CCCS3(=O)=O)CCCCC1)C(C)(C)C)C2(C)C. The number of sulfone groups is 1. The Bertz CT molecular complexity index is 1440. The molecule has 5 aliphatic rings. The summed E-state index contributed by atoms with van der Waals surface area (Å²) in [6, 6.07) is -3.49. The number of nitrogens with one attached hydrogen (secondary N) is 4. The predicted molar refractivity (Wildman–Crippen MR) is 186 cm³/mol. The minimum Gasteiger partial charge on any atom is -0.346 e. The van der Waals surface area contributed by atoms with Gasteiger partial charge in [-0.2, -0.15) is 0 Å². The number of rotatable bonds is 13. The highest BCUT2D eigenvalue weighted by Crippen LogP contribution is 2.65. The lowest BCUT2D eigenvalue weighted by Gasteiger charge is -2.43. The largest absolute Gasteiger partial charge is 0.346 e. The number of amides is 5. The highest BCUT2D eigenvalue weighted by molar-refractivity contribution is 7.92. The maximum atomic E-state index is 14.5. The molecule has 3 aliphatic carbocycles. The summed E-state index contributed by atoms with van der Waals surface area (Å²) < 4.78 is 26.1. The van der Waals surface area contributed by atoms with Crippen LogP contribution in [0.25, 0.3) is 0 Å². The highest BCUT2D eigenvalue weighted by atomic mass is 32.2. The minimum atomic E-state index is -3.35. The van der Waals surface area contributed by atoms with Crippen LogP contribution in [0, 0.1) is 28.6 Å². The van der Waals surface area contributed by atoms with E-state index in [1.54, 1.807) is 4.90 Å². The van der Waals surface area contributed by atoms with Crippen molar-refractivity contribution >= 4 is 39.4 Å². The molecule has 0 aromatic rings. The number of urea groups is 1. The van der Waals surface area contributed by atoms with Crippen LogP contribution in [0.2, 0.25) is 0 Å². The summed E-state index contributed by atoms with van der Waals surface area (Å²) in [7, 11) is -3.35. The van der Waals surface area contributed by atoms with E-state index in [9.17, 15) is 32.4 Å². The number of hydrogen-bond acceptors (Lipinski definition) is 7. The second kappa shape index (κ2) is 14.0. The maximum absolute atomic E-state index is 14.5. The quantitative estimate of drug-likeness (QED) is 0.169. The van der Waals surface area contributed by atoms with E-state index in [0.717, 1.165) is 32.1 Å². The van der Waals surface area contributed by atoms with Crippen molar-refractivity contribution in [1.29, 1.82) is 0 Å². The summed E-state index contributed by atoms with van der Waals surface area (Å²) in [6.07, 6.45) is 9.47. The second-order valence-corrected chi connectivity index (χ2v) is 19.2. The van der Waals surface area contributed by atoms with Gasteiger partial charge in [-0.1, -0.05) is 72.8 Å². The lowest BCUT2D eigenvalue weighted by molar-refractivity contribution is -0.145. The van der Waals surface area contributed by atoms with Crippen LogP contribution < -0.4 is 21.3 Å². The van der Waals surface area contributed by atoms with E-state index < -0.39 is 73.7 Å². The van der Waals surface area contributed by atoms with Gasteiger partial charge in [-0.05, 0) is 67.1 Å². The smallest absolute Gasteiger partial charge is 0.315 e. The third kappa shape index (κ3) is 7.86. The van der Waals surface area contributed by atoms with Crippen LogP contribution in [0.3, 0.4) is 0 Å². The molecule has 4 N–H and O–H groups in total. The lowest BCUT2D eigenvalue weighted by Crippen LogP contribution is -2.65. The standard InChI is InChI=1S/C36H57N5O7S/c1-7-19-37-31(44)28(42)24(16-15-22-13-14-22)38-30(43)27-26-23(35(26,5)6)21-41(27)32(45)29(34(2,3)4)39-33(46)40-36(17-9-8-10-18-36)25-12-11-20-49(25,47)48/h7,22-27,29H,1,8-21H2,2-6H3,(H,37,44)(H,38,43)(H2,39,40,46)/t23-,24-,25+,26-,27-,29+/m0/s1. The fourth-order valence-electron chi connectivity index (χ4n) is 8.89. The van der Waals surface area contributed by atoms with E-state index in [4.69, 9.17) is 0 Å². The van der Waals surface area contributed by atoms with E-state index in [1.165, 1.54) is 6.08 Å². The van der Waals surface area contributed by atoms with Crippen LogP contribution in [-0.4, -0.2) is 90.6 Å². The number of ketones is 1. The Morgan fingerprint density at radius 2 is 1.65 bits per heavy atom. The van der Waals surface area contributed by atoms with E-state index >= 15 is 0 Å². The normalized spacial score (nSPS) is 29.1. The third-order valence-electron chi connectivity index (χ3n) is 12.0. The molecule has 0 aromatic heterocycles. The molecule has 13 heteroatoms. The molecular weight excluding hydrogens is 646 g/mol. The fourth-order valence-corrected chi connectivity index (χ4v) is 11.2. The van der Waals surface area contributed by atoms with Crippen molar-refractivity contribution < 1.29 is 32.4 Å². The summed E-state index contributed by atoms with van der Waals surface area (Å²) in [5.41, 5.74) is -1.83. The zero-order valence-electron chi connectivity index (χ0n) is 29.9. The molecule has 12 nitrogen and oxygen atoms in total. The number of hydrogen-bond donors (Lipinski definition) is 4. The third-order valence-corrected chi connectivity index (χ3v) is 14.4. The van der Waals surface area contributed by atoms with Gasteiger partial charge in [-0.3, -0.25) is 19.2 Å². The van der Waals surface area contributed by atoms with Gasteiger partial charge in [0.2, 0.25) is 17.6 Å². The Kier molecular flexibility index (Phi) is 10.6. The molecule has 0 radical (unpaired) electrons. The van der Waals surface area contributed by atoms with Crippen molar-refractivity contribution in [1.82, 2.24) is 26.2 Å². The first-order valence-electron chi connectivity index (χ1n) is 18.3. The van der Waals surface area contributed by atoms with Gasteiger partial charge in [0.1, 0.15) is 12.1 Å². The van der Waals surface area contributed by atoms with E-state index in [1.807, 2.05) is 20.8 Å². The molecule has 5 amide bonds. The monoisotopic (exact) mass is 703 g/mol. The number of piperidine rings is 1. The van der Waals surface area contributed by atoms with E-state index in [2.05, 4.69) is 41.7 Å². The van der Waals surface area contributed by atoms with Gasteiger partial charge in [-0.25, -0.2) is 13.2 Å². The Morgan fingerprint density at radius 1 is 0.980 bits per heavy atom. The van der Waals surface area contributed by atoms with Gasteiger partial charge in [0.25, 0.3) is 5.91 Å². The number of carbonyl (C=O) groups excluding carboxylic acids is 5. The van der Waals surface area contributed by atoms with Gasteiger partial charge in [0.05, 0.1) is 22.6 Å². The van der Waals surface area contributed by atoms with Crippen molar-refractivity contribution in [3.05, 3.63) is 12.7 Å². The molecule has 5 rings (SSSR count). The second-order valence-electron chi connectivity index (χ2n) is 16.9. The van der Waals surface area contributed by atoms with Crippen LogP contribution in [0.15, 0.2) is 12.7 Å². The molecule has 274 valence electrons. The Hall–Kier alpha value is -2.96. The molecule has 49 heavy (non-hydrogen) atoms. The van der Waals surface area contributed by atoms with Crippen LogP contribution >= 0.6 is 0 Å². The predicted octanol–water partition coefficient (Wildman–Crippen LogP) is 3.01. The molecule has 0 spiro atoms. The Labute approximate surface area is 291 Å². The van der Waals surface area contributed by atoms with Crippen LogP contribution in [0.4, 0.5) is 4.79 Å². The molecule has 3 saturated carbocycles. The fraction of sp³-hybridized carbons (Fsp3) is 0.806. The van der Waals surface area contributed by atoms with Crippen molar-refractivity contribution in [2.24, 2.45) is 28.6 Å². The molecule has 5 fully saturated rings. The van der Waals surface area contributed by atoms with Crippen molar-refractivity contribution in [3.8, 4) is 0 Å². The molecule has 2 aliphatic heterocycles. The molecule has 0 aromatic carbocycles. The van der Waals surface area contributed by atoms with Gasteiger partial charge >= 0.3 is 6.03 Å². The molecule has 0 bridgehead atoms. The topological polar surface area (TPSA) is 171 Å². The summed E-state index contributed by atoms with van der Waals surface area (Å²) >= 11 is 0. The zero-order chi connectivity index (χ0) is 35.9. The van der Waals surface area contributed by atoms with Crippen LogP contribution in [-0.2, 0) is 29.0 Å². The van der Waals surface area contributed by atoms with Crippen LogP contribution in [0.1, 0.15) is 105 Å². The van der Waals surface area contributed by atoms with Gasteiger partial charge in [-0.15, -0.1) is 6.58 Å². The summed E-state index contributed by atoms with van der Waals surface area (Å²) in [5, 5.41) is 10.7. The van der Waals surface area contributed by atoms with Crippen molar-refractivity contribution in [2.45, 2.75) is 134 Å².